The fraction of sp³-hybridized carbons (Fsp3) is 0.308. The molecule has 0 aliphatic heterocycles. The van der Waals surface area contributed by atoms with Crippen molar-refractivity contribution < 1.29 is 5.11 Å². The van der Waals surface area contributed by atoms with Crippen LogP contribution in [-0.2, 0) is 6.42 Å². The smallest absolute Gasteiger partial charge is 0.182 e. The molecule has 0 amide bonds. The summed E-state index contributed by atoms with van der Waals surface area (Å²) < 4.78 is 0. The van der Waals surface area contributed by atoms with Crippen molar-refractivity contribution in [3.05, 3.63) is 40.9 Å². The normalized spacial score (nSPS) is 12.3. The first-order valence-corrected chi connectivity index (χ1v) is 6.78. The number of anilines is 2. The standard InChI is InChI=1S/C13H17N3OS/c1-2-11-8-18-13(16-11)15-7-12(17)9-3-5-10(14)6-4-9/h3-6,8,12,17H,2,7,14H2,1H3,(H,15,16). The highest BCUT2D eigenvalue weighted by Gasteiger charge is 2.08. The zero-order valence-corrected chi connectivity index (χ0v) is 11.1. The van der Waals surface area contributed by atoms with E-state index in [9.17, 15) is 5.11 Å². The molecule has 2 rings (SSSR count). The first kappa shape index (κ1) is 12.9. The van der Waals surface area contributed by atoms with Crippen LogP contribution in [0.15, 0.2) is 29.6 Å². The molecule has 96 valence electrons. The molecular weight excluding hydrogens is 246 g/mol. The molecule has 4 nitrogen and oxygen atoms in total. The van der Waals surface area contributed by atoms with Crippen molar-refractivity contribution in [2.45, 2.75) is 19.4 Å². The Balaban J connectivity index is 1.91. The topological polar surface area (TPSA) is 71.2 Å². The van der Waals surface area contributed by atoms with E-state index < -0.39 is 6.10 Å². The van der Waals surface area contributed by atoms with Gasteiger partial charge in [-0.25, -0.2) is 4.98 Å². The number of hydrogen-bond donors (Lipinski definition) is 3. The quantitative estimate of drug-likeness (QED) is 0.725. The van der Waals surface area contributed by atoms with Gasteiger partial charge in [-0.15, -0.1) is 11.3 Å². The summed E-state index contributed by atoms with van der Waals surface area (Å²) in [5, 5.41) is 16.0. The summed E-state index contributed by atoms with van der Waals surface area (Å²) in [5.41, 5.74) is 8.23. The lowest BCUT2D eigenvalue weighted by Crippen LogP contribution is -2.12. The number of nitrogen functional groups attached to an aromatic ring is 1. The van der Waals surface area contributed by atoms with Gasteiger partial charge in [0.1, 0.15) is 0 Å². The maximum absolute atomic E-state index is 10.0. The first-order chi connectivity index (χ1) is 8.69. The maximum atomic E-state index is 10.0. The second kappa shape index (κ2) is 5.84. The third kappa shape index (κ3) is 3.21. The van der Waals surface area contributed by atoms with Gasteiger partial charge in [0, 0.05) is 17.6 Å². The Kier molecular flexibility index (Phi) is 4.17. The summed E-state index contributed by atoms with van der Waals surface area (Å²) in [7, 11) is 0. The Labute approximate surface area is 110 Å². The van der Waals surface area contributed by atoms with Gasteiger partial charge in [-0.3, -0.25) is 0 Å². The van der Waals surface area contributed by atoms with Gasteiger partial charge in [0.15, 0.2) is 5.13 Å². The molecule has 1 aromatic carbocycles. The molecule has 18 heavy (non-hydrogen) atoms. The van der Waals surface area contributed by atoms with Crippen LogP contribution in [0, 0.1) is 0 Å². The fourth-order valence-corrected chi connectivity index (χ4v) is 2.37. The van der Waals surface area contributed by atoms with Crippen LogP contribution >= 0.6 is 11.3 Å². The molecule has 0 aliphatic rings. The molecule has 1 unspecified atom stereocenters. The predicted octanol–water partition coefficient (Wildman–Crippen LogP) is 2.43. The van der Waals surface area contributed by atoms with E-state index in [0.717, 1.165) is 22.8 Å². The van der Waals surface area contributed by atoms with Crippen LogP contribution in [0.25, 0.3) is 0 Å². The van der Waals surface area contributed by atoms with Gasteiger partial charge >= 0.3 is 0 Å². The van der Waals surface area contributed by atoms with Crippen LogP contribution in [-0.4, -0.2) is 16.6 Å². The lowest BCUT2D eigenvalue weighted by Gasteiger charge is -2.11. The van der Waals surface area contributed by atoms with Crippen molar-refractivity contribution >= 4 is 22.2 Å². The Morgan fingerprint density at radius 2 is 2.11 bits per heavy atom. The number of nitrogens with zero attached hydrogens (tertiary/aromatic N) is 1. The minimum Gasteiger partial charge on any atom is -0.399 e. The van der Waals surface area contributed by atoms with Crippen LogP contribution in [0.2, 0.25) is 0 Å². The third-order valence-electron chi connectivity index (χ3n) is 2.68. The Bertz CT molecular complexity index is 495. The SMILES string of the molecule is CCc1csc(NCC(O)c2ccc(N)cc2)n1. The molecular formula is C13H17N3OS. The molecule has 0 saturated heterocycles. The molecule has 0 aliphatic carbocycles. The van der Waals surface area contributed by atoms with Crippen LogP contribution in [0.5, 0.6) is 0 Å². The van der Waals surface area contributed by atoms with Gasteiger partial charge in [0.25, 0.3) is 0 Å². The molecule has 5 heteroatoms. The number of aromatic nitrogens is 1. The van der Waals surface area contributed by atoms with E-state index >= 15 is 0 Å². The largest absolute Gasteiger partial charge is 0.399 e. The number of nitrogens with one attached hydrogen (secondary N) is 1. The molecule has 0 fully saturated rings. The van der Waals surface area contributed by atoms with Crippen molar-refractivity contribution in [3.63, 3.8) is 0 Å². The summed E-state index contributed by atoms with van der Waals surface area (Å²) >= 11 is 1.56. The Morgan fingerprint density at radius 1 is 1.39 bits per heavy atom. The van der Waals surface area contributed by atoms with Crippen LogP contribution in [0.3, 0.4) is 0 Å². The molecule has 0 bridgehead atoms. The van der Waals surface area contributed by atoms with Gasteiger partial charge in [0.05, 0.1) is 11.8 Å². The summed E-state index contributed by atoms with van der Waals surface area (Å²) in [6.07, 6.45) is 0.373. The van der Waals surface area contributed by atoms with Gasteiger partial charge in [-0.05, 0) is 24.1 Å². The number of benzene rings is 1. The van der Waals surface area contributed by atoms with Gasteiger partial charge in [0.2, 0.25) is 0 Å². The minimum atomic E-state index is -0.556. The van der Waals surface area contributed by atoms with E-state index in [1.54, 1.807) is 23.5 Å². The summed E-state index contributed by atoms with van der Waals surface area (Å²) in [4.78, 5) is 4.38. The van der Waals surface area contributed by atoms with Crippen molar-refractivity contribution in [1.29, 1.82) is 0 Å². The monoisotopic (exact) mass is 263 g/mol. The molecule has 1 atom stereocenters. The third-order valence-corrected chi connectivity index (χ3v) is 3.53. The average molecular weight is 263 g/mol. The van der Waals surface area contributed by atoms with Crippen molar-refractivity contribution in [1.82, 2.24) is 4.98 Å². The molecule has 1 heterocycles. The highest BCUT2D eigenvalue weighted by molar-refractivity contribution is 7.13. The lowest BCUT2D eigenvalue weighted by molar-refractivity contribution is 0.191. The van der Waals surface area contributed by atoms with E-state index in [0.29, 0.717) is 12.2 Å². The van der Waals surface area contributed by atoms with E-state index in [-0.39, 0.29) is 0 Å². The van der Waals surface area contributed by atoms with Crippen LogP contribution in [0.4, 0.5) is 10.8 Å². The number of aliphatic hydroxyl groups is 1. The van der Waals surface area contributed by atoms with Crippen LogP contribution < -0.4 is 11.1 Å². The van der Waals surface area contributed by atoms with Crippen molar-refractivity contribution in [2.75, 3.05) is 17.6 Å². The number of aliphatic hydroxyl groups excluding tert-OH is 1. The highest BCUT2D eigenvalue weighted by atomic mass is 32.1. The number of thiazole rings is 1. The van der Waals surface area contributed by atoms with Crippen LogP contribution in [0.1, 0.15) is 24.3 Å². The molecule has 0 spiro atoms. The van der Waals surface area contributed by atoms with Crippen molar-refractivity contribution in [3.8, 4) is 0 Å². The van der Waals surface area contributed by atoms with E-state index in [1.807, 2.05) is 17.5 Å². The van der Waals surface area contributed by atoms with Gasteiger partial charge in [-0.2, -0.15) is 0 Å². The van der Waals surface area contributed by atoms with Gasteiger partial charge < -0.3 is 16.2 Å². The summed E-state index contributed by atoms with van der Waals surface area (Å²) in [6, 6.07) is 7.25. The predicted molar refractivity (Wildman–Crippen MR) is 75.8 cm³/mol. The molecule has 1 aromatic heterocycles. The lowest BCUT2D eigenvalue weighted by atomic mass is 10.1. The molecule has 0 radical (unpaired) electrons. The second-order valence-electron chi connectivity index (χ2n) is 4.06. The van der Waals surface area contributed by atoms with E-state index in [4.69, 9.17) is 5.73 Å². The van der Waals surface area contributed by atoms with Gasteiger partial charge in [-0.1, -0.05) is 19.1 Å². The molecule has 2 aromatic rings. The molecule has 4 N–H and O–H groups in total. The summed E-state index contributed by atoms with van der Waals surface area (Å²) in [5.74, 6) is 0. The van der Waals surface area contributed by atoms with Crippen molar-refractivity contribution in [2.24, 2.45) is 0 Å². The first-order valence-electron chi connectivity index (χ1n) is 5.91. The number of rotatable bonds is 5. The highest BCUT2D eigenvalue weighted by Crippen LogP contribution is 2.19. The Hall–Kier alpha value is -1.59. The van der Waals surface area contributed by atoms with E-state index in [2.05, 4.69) is 17.2 Å². The maximum Gasteiger partial charge on any atom is 0.182 e. The van der Waals surface area contributed by atoms with E-state index in [1.165, 1.54) is 0 Å². The number of aryl methyl sites for hydroxylation is 1. The zero-order valence-electron chi connectivity index (χ0n) is 10.3. The summed E-state index contributed by atoms with van der Waals surface area (Å²) in [6.45, 7) is 2.52. The zero-order chi connectivity index (χ0) is 13.0. The average Bonchev–Trinajstić information content (AvgIpc) is 2.85. The molecule has 0 saturated carbocycles. The second-order valence-corrected chi connectivity index (χ2v) is 4.92. The Morgan fingerprint density at radius 3 is 2.72 bits per heavy atom. The number of hydrogen-bond acceptors (Lipinski definition) is 5. The number of nitrogens with two attached hydrogens (primary N) is 1. The fourth-order valence-electron chi connectivity index (χ4n) is 1.57. The minimum absolute atomic E-state index is 0.445.